The molecule has 0 N–H and O–H groups in total. The third kappa shape index (κ3) is 2.97. The Labute approximate surface area is 88.8 Å². The quantitative estimate of drug-likeness (QED) is 0.687. The molecular formula is C10H18BrNO. The molecule has 0 aromatic heterocycles. The maximum atomic E-state index is 11.6. The molecule has 1 heterocycles. The average molecular weight is 248 g/mol. The zero-order chi connectivity index (χ0) is 9.84. The summed E-state index contributed by atoms with van der Waals surface area (Å²) < 4.78 is 0. The fourth-order valence-corrected chi connectivity index (χ4v) is 2.23. The van der Waals surface area contributed by atoms with Crippen LogP contribution >= 0.6 is 15.9 Å². The second-order valence-corrected chi connectivity index (χ2v) is 5.05. The number of likely N-dealkylation sites (tertiary alicyclic amines) is 1. The molecule has 1 saturated heterocycles. The summed E-state index contributed by atoms with van der Waals surface area (Å²) in [5.41, 5.74) is 0. The van der Waals surface area contributed by atoms with Crippen LogP contribution in [0.4, 0.5) is 0 Å². The van der Waals surface area contributed by atoms with Gasteiger partial charge in [-0.2, -0.15) is 0 Å². The van der Waals surface area contributed by atoms with Crippen LogP contribution in [-0.2, 0) is 4.79 Å². The molecule has 13 heavy (non-hydrogen) atoms. The lowest BCUT2D eigenvalue weighted by Gasteiger charge is -2.34. The number of hydrogen-bond acceptors (Lipinski definition) is 1. The fourth-order valence-electron chi connectivity index (χ4n) is 1.62. The standard InChI is InChI=1S/C10H18BrNO/c1-3-4-10(13)12-6-5-8(2)9(11)7-12/h8-9H,3-7H2,1-2H3. The molecule has 0 bridgehead atoms. The van der Waals surface area contributed by atoms with Gasteiger partial charge in [0, 0.05) is 24.3 Å². The molecule has 0 spiro atoms. The van der Waals surface area contributed by atoms with Crippen molar-refractivity contribution in [3.05, 3.63) is 0 Å². The van der Waals surface area contributed by atoms with E-state index in [9.17, 15) is 4.79 Å². The molecule has 2 unspecified atom stereocenters. The Kier molecular flexibility index (Phi) is 4.23. The molecule has 0 radical (unpaired) electrons. The maximum Gasteiger partial charge on any atom is 0.222 e. The summed E-state index contributed by atoms with van der Waals surface area (Å²) in [5.74, 6) is 1.02. The van der Waals surface area contributed by atoms with Crippen molar-refractivity contribution in [2.24, 2.45) is 5.92 Å². The number of alkyl halides is 1. The number of halogens is 1. The lowest BCUT2D eigenvalue weighted by Crippen LogP contribution is -2.43. The van der Waals surface area contributed by atoms with Gasteiger partial charge in [0.1, 0.15) is 0 Å². The summed E-state index contributed by atoms with van der Waals surface area (Å²) in [7, 11) is 0. The van der Waals surface area contributed by atoms with E-state index in [1.54, 1.807) is 0 Å². The van der Waals surface area contributed by atoms with Crippen molar-refractivity contribution >= 4 is 21.8 Å². The van der Waals surface area contributed by atoms with Crippen LogP contribution in [0.5, 0.6) is 0 Å². The molecule has 0 aromatic carbocycles. The number of amides is 1. The molecule has 1 fully saturated rings. The molecule has 1 rings (SSSR count). The monoisotopic (exact) mass is 247 g/mol. The van der Waals surface area contributed by atoms with Crippen molar-refractivity contribution < 1.29 is 4.79 Å². The van der Waals surface area contributed by atoms with Crippen molar-refractivity contribution in [3.8, 4) is 0 Å². The molecule has 2 nitrogen and oxygen atoms in total. The third-order valence-corrected chi connectivity index (χ3v) is 3.88. The zero-order valence-corrected chi connectivity index (χ0v) is 10.0. The van der Waals surface area contributed by atoms with Crippen LogP contribution in [0, 0.1) is 5.92 Å². The van der Waals surface area contributed by atoms with Crippen molar-refractivity contribution in [1.82, 2.24) is 4.90 Å². The van der Waals surface area contributed by atoms with Crippen LogP contribution in [0.2, 0.25) is 0 Å². The van der Waals surface area contributed by atoms with E-state index in [-0.39, 0.29) is 0 Å². The van der Waals surface area contributed by atoms with E-state index in [1.165, 1.54) is 0 Å². The minimum absolute atomic E-state index is 0.318. The number of carbonyl (C=O) groups excluding carboxylic acids is 1. The van der Waals surface area contributed by atoms with Gasteiger partial charge in [0.25, 0.3) is 0 Å². The van der Waals surface area contributed by atoms with Gasteiger partial charge in [-0.15, -0.1) is 0 Å². The summed E-state index contributed by atoms with van der Waals surface area (Å²) in [6, 6.07) is 0. The summed E-state index contributed by atoms with van der Waals surface area (Å²) >= 11 is 3.62. The number of carbonyl (C=O) groups is 1. The maximum absolute atomic E-state index is 11.6. The average Bonchev–Trinajstić information content (AvgIpc) is 2.10. The highest BCUT2D eigenvalue weighted by Crippen LogP contribution is 2.23. The van der Waals surface area contributed by atoms with Gasteiger partial charge in [-0.1, -0.05) is 29.8 Å². The van der Waals surface area contributed by atoms with Gasteiger partial charge in [-0.25, -0.2) is 0 Å². The predicted molar refractivity (Wildman–Crippen MR) is 58.0 cm³/mol. The molecule has 1 aliphatic rings. The first kappa shape index (κ1) is 11.0. The van der Waals surface area contributed by atoms with Crippen molar-refractivity contribution in [1.29, 1.82) is 0 Å². The fraction of sp³-hybridized carbons (Fsp3) is 0.900. The highest BCUT2D eigenvalue weighted by molar-refractivity contribution is 9.09. The van der Waals surface area contributed by atoms with Gasteiger partial charge in [-0.3, -0.25) is 4.79 Å². The van der Waals surface area contributed by atoms with E-state index in [0.29, 0.717) is 23.1 Å². The predicted octanol–water partition coefficient (Wildman–Crippen LogP) is 2.42. The Morgan fingerprint density at radius 1 is 1.62 bits per heavy atom. The second kappa shape index (κ2) is 4.99. The Morgan fingerprint density at radius 2 is 2.31 bits per heavy atom. The van der Waals surface area contributed by atoms with E-state index in [1.807, 2.05) is 4.90 Å². The van der Waals surface area contributed by atoms with Gasteiger partial charge < -0.3 is 4.90 Å². The number of nitrogens with zero attached hydrogens (tertiary/aromatic N) is 1. The molecule has 2 atom stereocenters. The highest BCUT2D eigenvalue weighted by atomic mass is 79.9. The van der Waals surface area contributed by atoms with Gasteiger partial charge in [0.15, 0.2) is 0 Å². The van der Waals surface area contributed by atoms with Crippen molar-refractivity contribution in [3.63, 3.8) is 0 Å². The van der Waals surface area contributed by atoms with Gasteiger partial charge in [0.2, 0.25) is 5.91 Å². The van der Waals surface area contributed by atoms with E-state index in [4.69, 9.17) is 0 Å². The van der Waals surface area contributed by atoms with Crippen molar-refractivity contribution in [2.45, 2.75) is 37.9 Å². The number of hydrogen-bond donors (Lipinski definition) is 0. The summed E-state index contributed by atoms with van der Waals surface area (Å²) in [5, 5.41) is 0. The Bertz CT molecular complexity index is 184. The molecule has 76 valence electrons. The van der Waals surface area contributed by atoms with Gasteiger partial charge in [0.05, 0.1) is 0 Å². The van der Waals surface area contributed by atoms with E-state index in [0.717, 1.165) is 25.9 Å². The first-order valence-corrected chi connectivity index (χ1v) is 5.98. The Balaban J connectivity index is 2.40. The van der Waals surface area contributed by atoms with Gasteiger partial charge >= 0.3 is 0 Å². The van der Waals surface area contributed by atoms with Crippen LogP contribution in [0.1, 0.15) is 33.1 Å². The van der Waals surface area contributed by atoms with Crippen LogP contribution in [0.15, 0.2) is 0 Å². The van der Waals surface area contributed by atoms with Crippen LogP contribution in [0.25, 0.3) is 0 Å². The largest absolute Gasteiger partial charge is 0.342 e. The Hall–Kier alpha value is -0.0500. The normalized spacial score (nSPS) is 29.0. The first-order valence-electron chi connectivity index (χ1n) is 5.07. The zero-order valence-electron chi connectivity index (χ0n) is 8.42. The van der Waals surface area contributed by atoms with E-state index < -0.39 is 0 Å². The molecular weight excluding hydrogens is 230 g/mol. The lowest BCUT2D eigenvalue weighted by molar-refractivity contribution is -0.132. The minimum Gasteiger partial charge on any atom is -0.342 e. The van der Waals surface area contributed by atoms with Crippen LogP contribution < -0.4 is 0 Å². The summed E-state index contributed by atoms with van der Waals surface area (Å²) in [6.45, 7) is 6.12. The smallest absolute Gasteiger partial charge is 0.222 e. The topological polar surface area (TPSA) is 20.3 Å². The molecule has 0 saturated carbocycles. The van der Waals surface area contributed by atoms with Crippen molar-refractivity contribution in [2.75, 3.05) is 13.1 Å². The number of piperidine rings is 1. The molecule has 0 aromatic rings. The minimum atomic E-state index is 0.318. The molecule has 0 aliphatic carbocycles. The van der Waals surface area contributed by atoms with Crippen LogP contribution in [-0.4, -0.2) is 28.7 Å². The molecule has 1 amide bonds. The van der Waals surface area contributed by atoms with Gasteiger partial charge in [-0.05, 0) is 18.8 Å². The SMILES string of the molecule is CCCC(=O)N1CCC(C)C(Br)C1. The number of rotatable bonds is 2. The van der Waals surface area contributed by atoms with Crippen LogP contribution in [0.3, 0.4) is 0 Å². The summed E-state index contributed by atoms with van der Waals surface area (Å²) in [6.07, 6.45) is 2.79. The lowest BCUT2D eigenvalue weighted by atomic mass is 9.99. The first-order chi connectivity index (χ1) is 6.15. The molecule has 1 aliphatic heterocycles. The third-order valence-electron chi connectivity index (χ3n) is 2.68. The van der Waals surface area contributed by atoms with E-state index in [2.05, 4.69) is 29.8 Å². The molecule has 3 heteroatoms. The Morgan fingerprint density at radius 3 is 2.85 bits per heavy atom. The second-order valence-electron chi connectivity index (χ2n) is 3.87. The highest BCUT2D eigenvalue weighted by Gasteiger charge is 2.26. The van der Waals surface area contributed by atoms with E-state index >= 15 is 0 Å². The summed E-state index contributed by atoms with van der Waals surface area (Å²) in [4.78, 5) is 14.0.